The lowest BCUT2D eigenvalue weighted by molar-refractivity contribution is 0.0591. The summed E-state index contributed by atoms with van der Waals surface area (Å²) in [5, 5.41) is 5.95. The summed E-state index contributed by atoms with van der Waals surface area (Å²) in [5.74, 6) is 0.461. The van der Waals surface area contributed by atoms with Gasteiger partial charge in [-0.3, -0.25) is 0 Å². The quantitative estimate of drug-likeness (QED) is 0.354. The number of rotatable bonds is 9. The van der Waals surface area contributed by atoms with Gasteiger partial charge in [0.2, 0.25) is 0 Å². The van der Waals surface area contributed by atoms with Gasteiger partial charge in [0.05, 0.1) is 18.5 Å². The van der Waals surface area contributed by atoms with Crippen molar-refractivity contribution in [1.82, 2.24) is 4.57 Å². The predicted octanol–water partition coefficient (Wildman–Crippen LogP) is 6.33. The zero-order valence-electron chi connectivity index (χ0n) is 21.5. The standard InChI is InChI=1S/C28H36N4O3/c1-19(2)17-31(18-20(3)4)25-14-13-23(32-15-7-8-26(32)27(33)35-6)16-24(25)30-28(34)29-22-11-9-21(5)10-12-22/h7-16,19-20H,17-18H2,1-6H3,(H2,29,30,34). The Labute approximate surface area is 208 Å². The highest BCUT2D eigenvalue weighted by Crippen LogP contribution is 2.31. The molecule has 1 aromatic heterocycles. The van der Waals surface area contributed by atoms with Crippen LogP contribution in [0.5, 0.6) is 0 Å². The predicted molar refractivity (Wildman–Crippen MR) is 143 cm³/mol. The van der Waals surface area contributed by atoms with Gasteiger partial charge in [-0.05, 0) is 61.2 Å². The minimum Gasteiger partial charge on any atom is -0.464 e. The smallest absolute Gasteiger partial charge is 0.355 e. The normalized spacial score (nSPS) is 11.0. The Morgan fingerprint density at radius 1 is 0.943 bits per heavy atom. The van der Waals surface area contributed by atoms with Crippen LogP contribution in [0.4, 0.5) is 21.9 Å². The van der Waals surface area contributed by atoms with E-state index in [9.17, 15) is 9.59 Å². The fourth-order valence-electron chi connectivity index (χ4n) is 4.00. The molecule has 0 saturated carbocycles. The first-order valence-electron chi connectivity index (χ1n) is 12.0. The summed E-state index contributed by atoms with van der Waals surface area (Å²) in [6.07, 6.45) is 1.80. The number of aromatic nitrogens is 1. The van der Waals surface area contributed by atoms with Crippen LogP contribution in [0.1, 0.15) is 43.7 Å². The van der Waals surface area contributed by atoms with Gasteiger partial charge in [0, 0.05) is 30.7 Å². The maximum atomic E-state index is 13.0. The summed E-state index contributed by atoms with van der Waals surface area (Å²) in [6, 6.07) is 16.7. The Hall–Kier alpha value is -3.74. The molecule has 2 aromatic carbocycles. The molecule has 2 amide bonds. The van der Waals surface area contributed by atoms with E-state index in [2.05, 4.69) is 43.2 Å². The Morgan fingerprint density at radius 3 is 2.20 bits per heavy atom. The van der Waals surface area contributed by atoms with E-state index in [4.69, 9.17) is 4.74 Å². The molecule has 7 nitrogen and oxygen atoms in total. The van der Waals surface area contributed by atoms with Gasteiger partial charge >= 0.3 is 12.0 Å². The van der Waals surface area contributed by atoms with Crippen LogP contribution in [0.3, 0.4) is 0 Å². The number of nitrogens with zero attached hydrogens (tertiary/aromatic N) is 2. The zero-order valence-corrected chi connectivity index (χ0v) is 21.5. The van der Waals surface area contributed by atoms with E-state index in [1.807, 2.05) is 49.4 Å². The summed E-state index contributed by atoms with van der Waals surface area (Å²) >= 11 is 0. The second-order valence-electron chi connectivity index (χ2n) is 9.59. The van der Waals surface area contributed by atoms with E-state index >= 15 is 0 Å². The van der Waals surface area contributed by atoms with Gasteiger partial charge in [-0.1, -0.05) is 45.4 Å². The van der Waals surface area contributed by atoms with Crippen molar-refractivity contribution in [2.24, 2.45) is 11.8 Å². The number of carbonyl (C=O) groups excluding carboxylic acids is 2. The van der Waals surface area contributed by atoms with Crippen molar-refractivity contribution >= 4 is 29.1 Å². The largest absolute Gasteiger partial charge is 0.464 e. The molecule has 0 spiro atoms. The Morgan fingerprint density at radius 2 is 1.60 bits per heavy atom. The third kappa shape index (κ3) is 6.88. The SMILES string of the molecule is COC(=O)c1cccn1-c1ccc(N(CC(C)C)CC(C)C)c(NC(=O)Nc2ccc(C)cc2)c1. The highest BCUT2D eigenvalue weighted by atomic mass is 16.5. The van der Waals surface area contributed by atoms with Gasteiger partial charge in [-0.25, -0.2) is 9.59 Å². The summed E-state index contributed by atoms with van der Waals surface area (Å²) in [7, 11) is 1.36. The van der Waals surface area contributed by atoms with E-state index < -0.39 is 5.97 Å². The van der Waals surface area contributed by atoms with Crippen LogP contribution < -0.4 is 15.5 Å². The van der Waals surface area contributed by atoms with Crippen LogP contribution in [0.2, 0.25) is 0 Å². The third-order valence-electron chi connectivity index (χ3n) is 5.47. The maximum absolute atomic E-state index is 13.0. The van der Waals surface area contributed by atoms with Crippen molar-refractivity contribution < 1.29 is 14.3 Å². The lowest BCUT2D eigenvalue weighted by Gasteiger charge is -2.31. The molecule has 0 radical (unpaired) electrons. The van der Waals surface area contributed by atoms with Crippen molar-refractivity contribution in [3.8, 4) is 5.69 Å². The number of nitrogens with one attached hydrogen (secondary N) is 2. The lowest BCUT2D eigenvalue weighted by Crippen LogP contribution is -2.32. The second kappa shape index (κ2) is 11.6. The number of anilines is 3. The number of esters is 1. The molecule has 0 aliphatic carbocycles. The first-order chi connectivity index (χ1) is 16.7. The first kappa shape index (κ1) is 25.9. The lowest BCUT2D eigenvalue weighted by atomic mass is 10.1. The van der Waals surface area contributed by atoms with E-state index in [0.717, 1.165) is 30.0 Å². The fourth-order valence-corrected chi connectivity index (χ4v) is 4.00. The molecule has 3 rings (SSSR count). The van der Waals surface area contributed by atoms with Crippen LogP contribution in [0.25, 0.3) is 5.69 Å². The fraction of sp³-hybridized carbons (Fsp3) is 0.357. The molecule has 0 atom stereocenters. The number of carbonyl (C=O) groups is 2. The molecule has 186 valence electrons. The molecule has 0 bridgehead atoms. The molecule has 3 aromatic rings. The first-order valence-corrected chi connectivity index (χ1v) is 12.0. The van der Waals surface area contributed by atoms with Crippen molar-refractivity contribution in [3.05, 3.63) is 72.1 Å². The number of ether oxygens (including phenoxy) is 1. The zero-order chi connectivity index (χ0) is 25.5. The van der Waals surface area contributed by atoms with Gasteiger partial charge in [0.1, 0.15) is 5.69 Å². The van der Waals surface area contributed by atoms with E-state index in [0.29, 0.717) is 28.9 Å². The average molecular weight is 477 g/mol. The Balaban J connectivity index is 2.00. The molecule has 0 aliphatic rings. The molecule has 0 fully saturated rings. The Kier molecular flexibility index (Phi) is 8.58. The van der Waals surface area contributed by atoms with Crippen molar-refractivity contribution in [2.75, 3.05) is 35.7 Å². The summed E-state index contributed by atoms with van der Waals surface area (Å²) in [4.78, 5) is 27.5. The molecule has 35 heavy (non-hydrogen) atoms. The van der Waals surface area contributed by atoms with E-state index in [1.165, 1.54) is 7.11 Å². The molecule has 7 heteroatoms. The second-order valence-corrected chi connectivity index (χ2v) is 9.59. The average Bonchev–Trinajstić information content (AvgIpc) is 3.29. The molecule has 1 heterocycles. The topological polar surface area (TPSA) is 75.6 Å². The van der Waals surface area contributed by atoms with Gasteiger partial charge in [0.15, 0.2) is 0 Å². The number of urea groups is 1. The third-order valence-corrected chi connectivity index (χ3v) is 5.47. The number of amides is 2. The number of aryl methyl sites for hydroxylation is 1. The van der Waals surface area contributed by atoms with Gasteiger partial charge in [0.25, 0.3) is 0 Å². The monoisotopic (exact) mass is 476 g/mol. The molecular formula is C28H36N4O3. The van der Waals surface area contributed by atoms with Crippen LogP contribution in [-0.2, 0) is 4.74 Å². The van der Waals surface area contributed by atoms with Crippen molar-refractivity contribution in [1.29, 1.82) is 0 Å². The molecular weight excluding hydrogens is 440 g/mol. The van der Waals surface area contributed by atoms with Crippen LogP contribution in [0, 0.1) is 18.8 Å². The van der Waals surface area contributed by atoms with Crippen LogP contribution >= 0.6 is 0 Å². The van der Waals surface area contributed by atoms with E-state index in [-0.39, 0.29) is 6.03 Å². The van der Waals surface area contributed by atoms with Crippen molar-refractivity contribution in [2.45, 2.75) is 34.6 Å². The summed E-state index contributed by atoms with van der Waals surface area (Å²) in [5.41, 5.74) is 4.60. The number of hydrogen-bond donors (Lipinski definition) is 2. The van der Waals surface area contributed by atoms with Gasteiger partial charge in [-0.15, -0.1) is 0 Å². The molecule has 0 aliphatic heterocycles. The summed E-state index contributed by atoms with van der Waals surface area (Å²) < 4.78 is 6.69. The molecule has 0 unspecified atom stereocenters. The number of methoxy groups -OCH3 is 1. The Bertz CT molecular complexity index is 1140. The van der Waals surface area contributed by atoms with Gasteiger partial charge in [-0.2, -0.15) is 0 Å². The highest BCUT2D eigenvalue weighted by molar-refractivity contribution is 6.02. The van der Waals surface area contributed by atoms with Gasteiger partial charge < -0.3 is 24.8 Å². The number of hydrogen-bond acceptors (Lipinski definition) is 4. The highest BCUT2D eigenvalue weighted by Gasteiger charge is 2.19. The van der Waals surface area contributed by atoms with E-state index in [1.54, 1.807) is 22.9 Å². The number of benzene rings is 2. The minimum absolute atomic E-state index is 0.331. The van der Waals surface area contributed by atoms with Crippen LogP contribution in [0.15, 0.2) is 60.8 Å². The maximum Gasteiger partial charge on any atom is 0.355 e. The molecule has 0 saturated heterocycles. The minimum atomic E-state index is -0.424. The molecule has 2 N–H and O–H groups in total. The van der Waals surface area contributed by atoms with Crippen molar-refractivity contribution in [3.63, 3.8) is 0 Å². The summed E-state index contributed by atoms with van der Waals surface area (Å²) in [6.45, 7) is 12.4. The van der Waals surface area contributed by atoms with Crippen LogP contribution in [-0.4, -0.2) is 36.8 Å².